The van der Waals surface area contributed by atoms with Crippen LogP contribution in [0, 0.1) is 0 Å². The summed E-state index contributed by atoms with van der Waals surface area (Å²) in [5.41, 5.74) is 0. The summed E-state index contributed by atoms with van der Waals surface area (Å²) in [4.78, 5) is 19.0. The van der Waals surface area contributed by atoms with Crippen molar-refractivity contribution in [3.63, 3.8) is 0 Å². The normalized spacial score (nSPS) is 10.6. The molecule has 0 aromatic heterocycles. The molecular formula is C24H60Br2N4O8. The SMILES string of the molecule is C[N+](C)(C)CCO.C[N+](C)(C)CCO.C[N+](C)(C)CCO.C[N+](C)(C)CCO.O=C([O-])CCC(=O)[O-].[Br-].[Br-]. The van der Waals surface area contributed by atoms with E-state index < -0.39 is 24.8 Å². The van der Waals surface area contributed by atoms with Crippen LogP contribution < -0.4 is 44.2 Å². The lowest BCUT2D eigenvalue weighted by atomic mass is 10.3. The van der Waals surface area contributed by atoms with E-state index >= 15 is 0 Å². The van der Waals surface area contributed by atoms with Crippen molar-refractivity contribution in [2.24, 2.45) is 0 Å². The average Bonchev–Trinajstić information content (AvgIpc) is 2.58. The molecule has 4 N–H and O–H groups in total. The average molecular weight is 693 g/mol. The van der Waals surface area contributed by atoms with Crippen LogP contribution in [0.5, 0.6) is 0 Å². The molecule has 0 radical (unpaired) electrons. The zero-order valence-electron chi connectivity index (χ0n) is 26.0. The molecule has 0 atom stereocenters. The molecule has 14 heteroatoms. The van der Waals surface area contributed by atoms with Gasteiger partial charge in [-0.3, -0.25) is 0 Å². The van der Waals surface area contributed by atoms with Gasteiger partial charge in [0.2, 0.25) is 0 Å². The number of carbonyl (C=O) groups is 2. The lowest BCUT2D eigenvalue weighted by molar-refractivity contribution is -0.870. The predicted octanol–water partition coefficient (Wildman–Crippen LogP) is -9.99. The predicted molar refractivity (Wildman–Crippen MR) is 139 cm³/mol. The maximum atomic E-state index is 9.50. The Kier molecular flexibility index (Phi) is 41.8. The highest BCUT2D eigenvalue weighted by molar-refractivity contribution is 5.72. The second-order valence-corrected chi connectivity index (χ2v) is 12.2. The van der Waals surface area contributed by atoms with Gasteiger partial charge >= 0.3 is 0 Å². The number of carbonyl (C=O) groups excluding carboxylic acids is 2. The van der Waals surface area contributed by atoms with Crippen molar-refractivity contribution in [2.45, 2.75) is 12.8 Å². The van der Waals surface area contributed by atoms with Crippen molar-refractivity contribution in [1.29, 1.82) is 0 Å². The van der Waals surface area contributed by atoms with E-state index in [4.69, 9.17) is 20.4 Å². The summed E-state index contributed by atoms with van der Waals surface area (Å²) in [7, 11) is 24.6. The standard InChI is InChI=1S/4C5H14NO.C4H6O4.2BrH/c4*1-6(2,3)4-5-7;5-3(6)1-2-4(7)8;;/h4*7H,4-5H2,1-3H3;1-2H2,(H,5,6)(H,7,8);2*1H/q4*+1;;;/p-4. The van der Waals surface area contributed by atoms with Gasteiger partial charge in [-0.25, -0.2) is 0 Å². The molecule has 12 nitrogen and oxygen atoms in total. The number of halogens is 2. The molecule has 0 fully saturated rings. The van der Waals surface area contributed by atoms with Crippen LogP contribution in [0.3, 0.4) is 0 Å². The third-order valence-electron chi connectivity index (χ3n) is 3.62. The van der Waals surface area contributed by atoms with Crippen molar-refractivity contribution in [3.05, 3.63) is 0 Å². The van der Waals surface area contributed by atoms with Crippen molar-refractivity contribution in [3.8, 4) is 0 Å². The van der Waals surface area contributed by atoms with E-state index in [0.717, 1.165) is 44.1 Å². The van der Waals surface area contributed by atoms with Crippen molar-refractivity contribution < 1.29 is 92.1 Å². The van der Waals surface area contributed by atoms with E-state index in [9.17, 15) is 19.8 Å². The number of nitrogens with zero attached hydrogens (tertiary/aromatic N) is 4. The molecule has 0 unspecified atom stereocenters. The molecule has 0 saturated heterocycles. The van der Waals surface area contributed by atoms with Crippen LogP contribution in [0.15, 0.2) is 0 Å². The van der Waals surface area contributed by atoms with Crippen molar-refractivity contribution in [1.82, 2.24) is 0 Å². The van der Waals surface area contributed by atoms with Crippen LogP contribution in [0.25, 0.3) is 0 Å². The third kappa shape index (κ3) is 100. The fourth-order valence-electron chi connectivity index (χ4n) is 1.40. The topological polar surface area (TPSA) is 161 Å². The summed E-state index contributed by atoms with van der Waals surface area (Å²) in [6, 6.07) is 0. The van der Waals surface area contributed by atoms with Gasteiger partial charge in [-0.15, -0.1) is 0 Å². The molecule has 0 amide bonds. The second-order valence-electron chi connectivity index (χ2n) is 12.2. The molecule has 0 aliphatic carbocycles. The first kappa shape index (κ1) is 53.8. The zero-order valence-corrected chi connectivity index (χ0v) is 29.2. The number of carboxylic acids is 2. The molecule has 0 aliphatic rings. The fraction of sp³-hybridized carbons (Fsp3) is 0.917. The minimum atomic E-state index is -1.37. The highest BCUT2D eigenvalue weighted by atomic mass is 79.9. The molecule has 238 valence electrons. The first-order valence-corrected chi connectivity index (χ1v) is 11.9. The van der Waals surface area contributed by atoms with E-state index in [0.29, 0.717) is 0 Å². The maximum absolute atomic E-state index is 9.50. The summed E-state index contributed by atoms with van der Waals surface area (Å²) in [6.07, 6.45) is -0.940. The fourth-order valence-corrected chi connectivity index (χ4v) is 1.40. The lowest BCUT2D eigenvalue weighted by Gasteiger charge is -2.21. The number of quaternary nitrogens is 4. The quantitative estimate of drug-likeness (QED) is 0.156. The first-order valence-electron chi connectivity index (χ1n) is 11.9. The van der Waals surface area contributed by atoms with Crippen LogP contribution in [0.4, 0.5) is 0 Å². The Balaban J connectivity index is -0.0000000625. The van der Waals surface area contributed by atoms with Crippen LogP contribution in [0.2, 0.25) is 0 Å². The molecule has 0 aromatic carbocycles. The van der Waals surface area contributed by atoms with Gasteiger partial charge in [0.1, 0.15) is 26.2 Å². The lowest BCUT2D eigenvalue weighted by Crippen LogP contribution is -3.00. The van der Waals surface area contributed by atoms with Crippen LogP contribution in [0.1, 0.15) is 12.8 Å². The Hall–Kier alpha value is -0.420. The molecule has 0 spiro atoms. The molecular weight excluding hydrogens is 632 g/mol. The van der Waals surface area contributed by atoms with E-state index in [1.165, 1.54) is 0 Å². The number of carboxylic acid groups (broad SMARTS) is 2. The number of aliphatic hydroxyl groups excluding tert-OH is 4. The minimum absolute atomic E-state index is 0. The van der Waals surface area contributed by atoms with Crippen molar-refractivity contribution in [2.75, 3.05) is 137 Å². The van der Waals surface area contributed by atoms with Crippen LogP contribution in [-0.4, -0.2) is 187 Å². The molecule has 38 heavy (non-hydrogen) atoms. The van der Waals surface area contributed by atoms with Gasteiger partial charge in [-0.05, 0) is 12.8 Å². The van der Waals surface area contributed by atoms with Gasteiger partial charge in [-0.2, -0.15) is 0 Å². The molecule has 0 saturated carbocycles. The molecule has 0 aliphatic heterocycles. The molecule has 0 rings (SSSR count). The highest BCUT2D eigenvalue weighted by Crippen LogP contribution is 1.86. The van der Waals surface area contributed by atoms with Gasteiger partial charge in [-0.1, -0.05) is 0 Å². The van der Waals surface area contributed by atoms with Gasteiger partial charge in [0, 0.05) is 11.9 Å². The summed E-state index contributed by atoms with van der Waals surface area (Å²) in [6.45, 7) is 4.46. The zero-order chi connectivity index (χ0) is 30.2. The van der Waals surface area contributed by atoms with Gasteiger partial charge in [0.05, 0.1) is 111 Å². The monoisotopic (exact) mass is 690 g/mol. The summed E-state index contributed by atoms with van der Waals surface area (Å²) < 4.78 is 3.38. The largest absolute Gasteiger partial charge is 1.00 e. The highest BCUT2D eigenvalue weighted by Gasteiger charge is 2.04. The number of likely N-dealkylation sites (N-methyl/N-ethyl adjacent to an activating group) is 4. The Labute approximate surface area is 253 Å². The number of hydrogen-bond acceptors (Lipinski definition) is 8. The number of rotatable bonds is 11. The molecule has 0 heterocycles. The van der Waals surface area contributed by atoms with E-state index in [1.54, 1.807) is 0 Å². The van der Waals surface area contributed by atoms with E-state index in [1.807, 2.05) is 0 Å². The van der Waals surface area contributed by atoms with E-state index in [-0.39, 0.29) is 60.4 Å². The summed E-state index contributed by atoms with van der Waals surface area (Å²) in [5, 5.41) is 52.5. The Morgan fingerprint density at radius 3 is 0.605 bits per heavy atom. The maximum Gasteiger partial charge on any atom is 0.101 e. The smallest absolute Gasteiger partial charge is 0.101 e. The Bertz CT molecular complexity index is 440. The van der Waals surface area contributed by atoms with Gasteiger partial charge in [0.15, 0.2) is 0 Å². The minimum Gasteiger partial charge on any atom is -1.00 e. The van der Waals surface area contributed by atoms with Crippen molar-refractivity contribution >= 4 is 11.9 Å². The third-order valence-corrected chi connectivity index (χ3v) is 3.62. The van der Waals surface area contributed by atoms with Crippen LogP contribution in [-0.2, 0) is 9.59 Å². The summed E-state index contributed by atoms with van der Waals surface area (Å²) >= 11 is 0. The first-order chi connectivity index (χ1) is 15.9. The summed E-state index contributed by atoms with van der Waals surface area (Å²) in [5.74, 6) is -2.73. The van der Waals surface area contributed by atoms with Crippen LogP contribution >= 0.6 is 0 Å². The Morgan fingerprint density at radius 1 is 0.447 bits per heavy atom. The van der Waals surface area contributed by atoms with Gasteiger partial charge in [0.25, 0.3) is 0 Å². The van der Waals surface area contributed by atoms with Gasteiger partial charge < -0.3 is 92.1 Å². The number of hydrogen-bond donors (Lipinski definition) is 4. The Morgan fingerprint density at radius 2 is 0.579 bits per heavy atom. The number of aliphatic hydroxyl groups is 4. The second kappa shape index (κ2) is 29.6. The number of aliphatic carboxylic acids is 2. The molecule has 0 aromatic rings. The molecule has 0 bridgehead atoms. The van der Waals surface area contributed by atoms with E-state index in [2.05, 4.69) is 84.6 Å².